The number of methoxy groups -OCH3 is 1. The molecule has 0 unspecified atom stereocenters. The Morgan fingerprint density at radius 2 is 2.05 bits per heavy atom. The van der Waals surface area contributed by atoms with Gasteiger partial charge in [0, 0.05) is 19.7 Å². The first-order valence-electron chi connectivity index (χ1n) is 5.94. The summed E-state index contributed by atoms with van der Waals surface area (Å²) >= 11 is 4.96. The van der Waals surface area contributed by atoms with Crippen molar-refractivity contribution in [2.75, 3.05) is 20.3 Å². The summed E-state index contributed by atoms with van der Waals surface area (Å²) in [4.78, 5) is 11.6. The number of benzene rings is 1. The fourth-order valence-electron chi connectivity index (χ4n) is 1.31. The largest absolute Gasteiger partial charge is 0.383 e. The molecule has 0 fully saturated rings. The lowest BCUT2D eigenvalue weighted by atomic mass is 10.1. The van der Waals surface area contributed by atoms with Crippen LogP contribution in [0.3, 0.4) is 0 Å². The minimum absolute atomic E-state index is 0.254. The third kappa shape index (κ3) is 6.69. The van der Waals surface area contributed by atoms with Crippen LogP contribution in [0, 0.1) is 6.92 Å². The van der Waals surface area contributed by atoms with Crippen molar-refractivity contribution in [3.8, 4) is 0 Å². The number of aryl methyl sites for hydroxylation is 1. The predicted molar refractivity (Wildman–Crippen MR) is 80.8 cm³/mol. The lowest BCUT2D eigenvalue weighted by molar-refractivity contribution is -0.115. The fourth-order valence-corrected chi connectivity index (χ4v) is 1.52. The number of carbonyl (C=O) groups excluding carboxylic acids is 1. The van der Waals surface area contributed by atoms with Crippen LogP contribution < -0.4 is 10.6 Å². The summed E-state index contributed by atoms with van der Waals surface area (Å²) in [6.07, 6.45) is 3.20. The van der Waals surface area contributed by atoms with Gasteiger partial charge in [0.25, 0.3) is 0 Å². The zero-order chi connectivity index (χ0) is 14.1. The number of ether oxygens (including phenoxy) is 1. The number of hydrogen-bond acceptors (Lipinski definition) is 3. The standard InChI is InChI=1S/C14H18N2O2S/c1-11-3-5-12(6-4-11)7-8-13(17)16-14(19)15-9-10-18-2/h3-8H,9-10H2,1-2H3,(H2,15,16,17,19). The summed E-state index contributed by atoms with van der Waals surface area (Å²) in [6, 6.07) is 7.89. The van der Waals surface area contributed by atoms with Crippen LogP contribution in [0.15, 0.2) is 30.3 Å². The molecule has 0 aliphatic rings. The van der Waals surface area contributed by atoms with Crippen LogP contribution in [0.1, 0.15) is 11.1 Å². The highest BCUT2D eigenvalue weighted by atomic mass is 32.1. The van der Waals surface area contributed by atoms with E-state index in [-0.39, 0.29) is 5.91 Å². The quantitative estimate of drug-likeness (QED) is 0.488. The van der Waals surface area contributed by atoms with Crippen LogP contribution in [-0.2, 0) is 9.53 Å². The SMILES string of the molecule is COCCNC(=S)NC(=O)C=Cc1ccc(C)cc1. The fraction of sp³-hybridized carbons (Fsp3) is 0.286. The maximum atomic E-state index is 11.6. The van der Waals surface area contributed by atoms with Gasteiger partial charge in [-0.1, -0.05) is 29.8 Å². The van der Waals surface area contributed by atoms with E-state index in [1.54, 1.807) is 13.2 Å². The van der Waals surface area contributed by atoms with E-state index >= 15 is 0 Å². The second kappa shape index (κ2) is 8.39. The van der Waals surface area contributed by atoms with E-state index in [1.807, 2.05) is 31.2 Å². The molecular weight excluding hydrogens is 260 g/mol. The molecule has 0 atom stereocenters. The molecule has 0 spiro atoms. The number of rotatable bonds is 5. The molecule has 0 radical (unpaired) electrons. The summed E-state index contributed by atoms with van der Waals surface area (Å²) in [6.45, 7) is 3.12. The van der Waals surface area contributed by atoms with Crippen molar-refractivity contribution >= 4 is 29.3 Å². The van der Waals surface area contributed by atoms with Crippen molar-refractivity contribution < 1.29 is 9.53 Å². The zero-order valence-corrected chi connectivity index (χ0v) is 11.9. The molecule has 19 heavy (non-hydrogen) atoms. The van der Waals surface area contributed by atoms with E-state index in [2.05, 4.69) is 10.6 Å². The van der Waals surface area contributed by atoms with Gasteiger partial charge in [0.15, 0.2) is 5.11 Å². The second-order valence-electron chi connectivity index (χ2n) is 3.98. The van der Waals surface area contributed by atoms with Crippen LogP contribution in [0.2, 0.25) is 0 Å². The first-order chi connectivity index (χ1) is 9.11. The average Bonchev–Trinajstić information content (AvgIpc) is 2.38. The van der Waals surface area contributed by atoms with Gasteiger partial charge in [0.1, 0.15) is 0 Å². The monoisotopic (exact) mass is 278 g/mol. The highest BCUT2D eigenvalue weighted by Gasteiger charge is 1.99. The Kier molecular flexibility index (Phi) is 6.78. The molecule has 0 aliphatic heterocycles. The van der Waals surface area contributed by atoms with Crippen LogP contribution in [-0.4, -0.2) is 31.3 Å². The molecular formula is C14H18N2O2S. The molecule has 1 amide bonds. The molecule has 0 heterocycles. The van der Waals surface area contributed by atoms with Gasteiger partial charge in [-0.3, -0.25) is 10.1 Å². The first-order valence-corrected chi connectivity index (χ1v) is 6.35. The van der Waals surface area contributed by atoms with Gasteiger partial charge in [-0.05, 0) is 30.8 Å². The minimum atomic E-state index is -0.254. The molecule has 2 N–H and O–H groups in total. The molecule has 0 bridgehead atoms. The predicted octanol–water partition coefficient (Wildman–Crippen LogP) is 1.65. The normalized spacial score (nSPS) is 10.4. The molecule has 102 valence electrons. The van der Waals surface area contributed by atoms with Gasteiger partial charge in [0.05, 0.1) is 6.61 Å². The molecule has 0 aromatic heterocycles. The van der Waals surface area contributed by atoms with Crippen LogP contribution in [0.25, 0.3) is 6.08 Å². The third-order valence-corrected chi connectivity index (χ3v) is 2.58. The van der Waals surface area contributed by atoms with Crippen molar-refractivity contribution in [2.24, 2.45) is 0 Å². The van der Waals surface area contributed by atoms with Crippen molar-refractivity contribution in [2.45, 2.75) is 6.92 Å². The zero-order valence-electron chi connectivity index (χ0n) is 11.1. The number of thiocarbonyl (C=S) groups is 1. The van der Waals surface area contributed by atoms with Gasteiger partial charge in [-0.15, -0.1) is 0 Å². The van der Waals surface area contributed by atoms with Gasteiger partial charge in [-0.25, -0.2) is 0 Å². The Bertz CT molecular complexity index is 455. The maximum Gasteiger partial charge on any atom is 0.250 e. The van der Waals surface area contributed by atoms with Gasteiger partial charge < -0.3 is 10.1 Å². The van der Waals surface area contributed by atoms with Gasteiger partial charge in [-0.2, -0.15) is 0 Å². The third-order valence-electron chi connectivity index (χ3n) is 2.33. The highest BCUT2D eigenvalue weighted by Crippen LogP contribution is 2.04. The summed E-state index contributed by atoms with van der Waals surface area (Å²) in [5.74, 6) is -0.254. The molecule has 4 nitrogen and oxygen atoms in total. The molecule has 1 rings (SSSR count). The molecule has 1 aromatic rings. The lowest BCUT2D eigenvalue weighted by Crippen LogP contribution is -2.39. The van der Waals surface area contributed by atoms with E-state index in [1.165, 1.54) is 11.6 Å². The van der Waals surface area contributed by atoms with E-state index in [9.17, 15) is 4.79 Å². The molecule has 0 saturated carbocycles. The van der Waals surface area contributed by atoms with Crippen molar-refractivity contribution in [3.63, 3.8) is 0 Å². The number of amides is 1. The van der Waals surface area contributed by atoms with Crippen LogP contribution >= 0.6 is 12.2 Å². The Hall–Kier alpha value is -1.72. The smallest absolute Gasteiger partial charge is 0.250 e. The molecule has 0 saturated heterocycles. The van der Waals surface area contributed by atoms with Crippen molar-refractivity contribution in [1.82, 2.24) is 10.6 Å². The Morgan fingerprint density at radius 3 is 2.68 bits per heavy atom. The number of nitrogens with one attached hydrogen (secondary N) is 2. The number of hydrogen-bond donors (Lipinski definition) is 2. The summed E-state index contributed by atoms with van der Waals surface area (Å²) in [5, 5.41) is 5.72. The van der Waals surface area contributed by atoms with E-state index in [4.69, 9.17) is 17.0 Å². The van der Waals surface area contributed by atoms with E-state index in [0.29, 0.717) is 18.3 Å². The van der Waals surface area contributed by atoms with Crippen molar-refractivity contribution in [1.29, 1.82) is 0 Å². The Labute approximate surface area is 118 Å². The topological polar surface area (TPSA) is 50.4 Å². The Balaban J connectivity index is 2.38. The van der Waals surface area contributed by atoms with Crippen LogP contribution in [0.4, 0.5) is 0 Å². The Morgan fingerprint density at radius 1 is 1.37 bits per heavy atom. The van der Waals surface area contributed by atoms with E-state index in [0.717, 1.165) is 5.56 Å². The van der Waals surface area contributed by atoms with Gasteiger partial charge >= 0.3 is 0 Å². The molecule has 1 aromatic carbocycles. The average molecular weight is 278 g/mol. The summed E-state index contributed by atoms with van der Waals surface area (Å²) in [5.41, 5.74) is 2.16. The lowest BCUT2D eigenvalue weighted by Gasteiger charge is -2.06. The minimum Gasteiger partial charge on any atom is -0.383 e. The summed E-state index contributed by atoms with van der Waals surface area (Å²) in [7, 11) is 1.60. The van der Waals surface area contributed by atoms with E-state index < -0.39 is 0 Å². The van der Waals surface area contributed by atoms with Crippen molar-refractivity contribution in [3.05, 3.63) is 41.5 Å². The summed E-state index contributed by atoms with van der Waals surface area (Å²) < 4.78 is 4.86. The molecule has 5 heteroatoms. The first kappa shape index (κ1) is 15.3. The maximum absolute atomic E-state index is 11.6. The van der Waals surface area contributed by atoms with Crippen LogP contribution in [0.5, 0.6) is 0 Å². The van der Waals surface area contributed by atoms with Gasteiger partial charge in [0.2, 0.25) is 5.91 Å². The second-order valence-corrected chi connectivity index (χ2v) is 4.39. The number of carbonyl (C=O) groups is 1. The highest BCUT2D eigenvalue weighted by molar-refractivity contribution is 7.80. The molecule has 0 aliphatic carbocycles.